The van der Waals surface area contributed by atoms with Crippen LogP contribution in [0.3, 0.4) is 0 Å². The van der Waals surface area contributed by atoms with Crippen LogP contribution < -0.4 is 5.32 Å². The lowest BCUT2D eigenvalue weighted by Crippen LogP contribution is -2.46. The minimum atomic E-state index is 0.0822. The fourth-order valence-corrected chi connectivity index (χ4v) is 1.61. The van der Waals surface area contributed by atoms with Crippen LogP contribution in [0.5, 0.6) is 0 Å². The Labute approximate surface area is 104 Å². The average molecular weight is 236 g/mol. The standard InChI is InChI=1S/C13H20N2S/c1-5-13(2,3)15(4)12(16)14-11-9-7-6-8-10-11/h6-10H,5H2,1-4H3,(H,14,16). The number of nitrogens with one attached hydrogen (secondary N) is 1. The summed E-state index contributed by atoms with van der Waals surface area (Å²) in [6.07, 6.45) is 1.06. The van der Waals surface area contributed by atoms with Crippen molar-refractivity contribution >= 4 is 23.0 Å². The van der Waals surface area contributed by atoms with Gasteiger partial charge < -0.3 is 10.2 Å². The number of benzene rings is 1. The lowest BCUT2D eigenvalue weighted by molar-refractivity contribution is 0.250. The van der Waals surface area contributed by atoms with E-state index < -0.39 is 0 Å². The minimum Gasteiger partial charge on any atom is -0.347 e. The van der Waals surface area contributed by atoms with Crippen LogP contribution >= 0.6 is 12.2 Å². The molecule has 0 fully saturated rings. The Balaban J connectivity index is 2.66. The molecule has 0 radical (unpaired) electrons. The number of anilines is 1. The summed E-state index contributed by atoms with van der Waals surface area (Å²) in [5, 5.41) is 4.00. The van der Waals surface area contributed by atoms with Crippen LogP contribution in [0.1, 0.15) is 27.2 Å². The van der Waals surface area contributed by atoms with Gasteiger partial charge in [-0.15, -0.1) is 0 Å². The molecule has 1 aromatic rings. The van der Waals surface area contributed by atoms with Gasteiger partial charge in [0.05, 0.1) is 0 Å². The molecule has 1 aromatic carbocycles. The maximum absolute atomic E-state index is 5.39. The van der Waals surface area contributed by atoms with Crippen LogP contribution in [0.2, 0.25) is 0 Å². The third-order valence-electron chi connectivity index (χ3n) is 3.10. The first-order chi connectivity index (χ1) is 7.47. The molecular formula is C13H20N2S. The van der Waals surface area contributed by atoms with E-state index in [0.29, 0.717) is 0 Å². The fraction of sp³-hybridized carbons (Fsp3) is 0.462. The molecule has 0 aliphatic rings. The van der Waals surface area contributed by atoms with Crippen molar-refractivity contribution < 1.29 is 0 Å². The summed E-state index contributed by atoms with van der Waals surface area (Å²) in [7, 11) is 2.03. The van der Waals surface area contributed by atoms with Crippen LogP contribution in [0, 0.1) is 0 Å². The molecule has 88 valence electrons. The van der Waals surface area contributed by atoms with E-state index in [1.54, 1.807) is 0 Å². The fourth-order valence-electron chi connectivity index (χ4n) is 1.24. The van der Waals surface area contributed by atoms with Gasteiger partial charge in [0.15, 0.2) is 5.11 Å². The first-order valence-electron chi connectivity index (χ1n) is 5.57. The largest absolute Gasteiger partial charge is 0.347 e. The summed E-state index contributed by atoms with van der Waals surface area (Å²) in [5.74, 6) is 0. The Kier molecular flexibility index (Phi) is 4.30. The molecule has 1 rings (SSSR count). The van der Waals surface area contributed by atoms with Gasteiger partial charge in [0.2, 0.25) is 0 Å². The van der Waals surface area contributed by atoms with Gasteiger partial charge in [0, 0.05) is 18.3 Å². The summed E-state index contributed by atoms with van der Waals surface area (Å²) in [4.78, 5) is 2.11. The lowest BCUT2D eigenvalue weighted by atomic mass is 10.0. The minimum absolute atomic E-state index is 0.0822. The molecule has 0 aliphatic heterocycles. The maximum atomic E-state index is 5.39. The number of nitrogens with zero attached hydrogens (tertiary/aromatic N) is 1. The van der Waals surface area contributed by atoms with Crippen LogP contribution in [0.15, 0.2) is 30.3 Å². The summed E-state index contributed by atoms with van der Waals surface area (Å²) in [5.41, 5.74) is 1.12. The highest BCUT2D eigenvalue weighted by molar-refractivity contribution is 7.80. The maximum Gasteiger partial charge on any atom is 0.173 e. The second kappa shape index (κ2) is 5.30. The predicted molar refractivity (Wildman–Crippen MR) is 74.8 cm³/mol. The molecule has 1 N–H and O–H groups in total. The van der Waals surface area contributed by atoms with Crippen molar-refractivity contribution in [1.29, 1.82) is 0 Å². The van der Waals surface area contributed by atoms with Gasteiger partial charge in [-0.2, -0.15) is 0 Å². The molecule has 0 aromatic heterocycles. The highest BCUT2D eigenvalue weighted by Crippen LogP contribution is 2.18. The van der Waals surface area contributed by atoms with E-state index in [4.69, 9.17) is 12.2 Å². The van der Waals surface area contributed by atoms with Crippen LogP contribution in [-0.2, 0) is 0 Å². The molecule has 0 aliphatic carbocycles. The van der Waals surface area contributed by atoms with Gasteiger partial charge in [-0.1, -0.05) is 25.1 Å². The van der Waals surface area contributed by atoms with E-state index in [1.807, 2.05) is 37.4 Å². The van der Waals surface area contributed by atoms with Crippen molar-refractivity contribution in [3.8, 4) is 0 Å². The van der Waals surface area contributed by atoms with E-state index in [2.05, 4.69) is 31.0 Å². The van der Waals surface area contributed by atoms with Crippen molar-refractivity contribution in [2.24, 2.45) is 0 Å². The Morgan fingerprint density at radius 1 is 1.31 bits per heavy atom. The second-order valence-electron chi connectivity index (χ2n) is 4.52. The van der Waals surface area contributed by atoms with Crippen molar-refractivity contribution in [2.45, 2.75) is 32.7 Å². The average Bonchev–Trinajstić information content (AvgIpc) is 2.29. The third kappa shape index (κ3) is 3.20. The topological polar surface area (TPSA) is 15.3 Å². The summed E-state index contributed by atoms with van der Waals surface area (Å²) in [6, 6.07) is 10.0. The van der Waals surface area contributed by atoms with E-state index in [1.165, 1.54) is 0 Å². The molecule has 0 saturated heterocycles. The Hall–Kier alpha value is -1.09. The zero-order valence-corrected chi connectivity index (χ0v) is 11.3. The number of thiocarbonyl (C=S) groups is 1. The number of hydrogen-bond acceptors (Lipinski definition) is 1. The van der Waals surface area contributed by atoms with Crippen LogP contribution in [-0.4, -0.2) is 22.6 Å². The summed E-state index contributed by atoms with van der Waals surface area (Å²) >= 11 is 5.39. The van der Waals surface area contributed by atoms with E-state index >= 15 is 0 Å². The van der Waals surface area contributed by atoms with E-state index in [9.17, 15) is 0 Å². The molecule has 0 bridgehead atoms. The number of hydrogen-bond donors (Lipinski definition) is 1. The van der Waals surface area contributed by atoms with Gasteiger partial charge in [0.25, 0.3) is 0 Å². The molecule has 0 heterocycles. The second-order valence-corrected chi connectivity index (χ2v) is 4.91. The highest BCUT2D eigenvalue weighted by Gasteiger charge is 2.23. The van der Waals surface area contributed by atoms with E-state index in [-0.39, 0.29) is 5.54 Å². The monoisotopic (exact) mass is 236 g/mol. The molecule has 0 atom stereocenters. The molecule has 2 nitrogen and oxygen atoms in total. The Bertz CT molecular complexity index is 346. The van der Waals surface area contributed by atoms with Gasteiger partial charge in [0.1, 0.15) is 0 Å². The normalized spacial score (nSPS) is 11.0. The van der Waals surface area contributed by atoms with Gasteiger partial charge in [-0.25, -0.2) is 0 Å². The molecule has 0 saturated carbocycles. The lowest BCUT2D eigenvalue weighted by Gasteiger charge is -2.36. The quantitative estimate of drug-likeness (QED) is 0.809. The molecular weight excluding hydrogens is 216 g/mol. The Morgan fingerprint density at radius 3 is 2.38 bits per heavy atom. The first kappa shape index (κ1) is 13.0. The van der Waals surface area contributed by atoms with Crippen molar-refractivity contribution in [3.05, 3.63) is 30.3 Å². The first-order valence-corrected chi connectivity index (χ1v) is 5.98. The SMILES string of the molecule is CCC(C)(C)N(C)C(=S)Nc1ccccc1. The molecule has 0 amide bonds. The molecule has 0 spiro atoms. The van der Waals surface area contributed by atoms with Crippen molar-refractivity contribution in [2.75, 3.05) is 12.4 Å². The number of rotatable bonds is 3. The van der Waals surface area contributed by atoms with Gasteiger partial charge in [-0.05, 0) is 44.6 Å². The molecule has 16 heavy (non-hydrogen) atoms. The zero-order chi connectivity index (χ0) is 12.2. The van der Waals surface area contributed by atoms with Crippen molar-refractivity contribution in [3.63, 3.8) is 0 Å². The third-order valence-corrected chi connectivity index (χ3v) is 3.48. The van der Waals surface area contributed by atoms with E-state index in [0.717, 1.165) is 17.2 Å². The van der Waals surface area contributed by atoms with Gasteiger partial charge >= 0.3 is 0 Å². The number of para-hydroxylation sites is 1. The highest BCUT2D eigenvalue weighted by atomic mass is 32.1. The smallest absolute Gasteiger partial charge is 0.173 e. The molecule has 0 unspecified atom stereocenters. The van der Waals surface area contributed by atoms with Crippen LogP contribution in [0.25, 0.3) is 0 Å². The summed E-state index contributed by atoms with van der Waals surface area (Å²) in [6.45, 7) is 6.54. The predicted octanol–water partition coefficient (Wildman–Crippen LogP) is 3.50. The Morgan fingerprint density at radius 2 is 1.88 bits per heavy atom. The van der Waals surface area contributed by atoms with Gasteiger partial charge in [-0.3, -0.25) is 0 Å². The van der Waals surface area contributed by atoms with Crippen molar-refractivity contribution in [1.82, 2.24) is 4.90 Å². The zero-order valence-electron chi connectivity index (χ0n) is 10.4. The molecule has 3 heteroatoms. The summed E-state index contributed by atoms with van der Waals surface area (Å²) < 4.78 is 0. The van der Waals surface area contributed by atoms with Crippen LogP contribution in [0.4, 0.5) is 5.69 Å².